The Morgan fingerprint density at radius 2 is 2.00 bits per heavy atom. The molecule has 1 aliphatic heterocycles. The van der Waals surface area contributed by atoms with Crippen LogP contribution < -0.4 is 0 Å². The van der Waals surface area contributed by atoms with Gasteiger partial charge in [0.2, 0.25) is 9.05 Å². The molecule has 4 nitrogen and oxygen atoms in total. The molecule has 0 N–H and O–H groups in total. The Kier molecular flexibility index (Phi) is 3.44. The second-order valence-corrected chi connectivity index (χ2v) is 5.80. The average molecular weight is 225 g/mol. The average Bonchev–Trinajstić information content (AvgIpc) is 2.47. The Hall–Kier alpha value is -0.420. The molecule has 0 bridgehead atoms. The molecule has 1 heterocycles. The van der Waals surface area contributed by atoms with Crippen molar-refractivity contribution in [2.75, 3.05) is 25.5 Å². The van der Waals surface area contributed by atoms with Gasteiger partial charge in [-0.15, -0.1) is 0 Å². The summed E-state index contributed by atoms with van der Waals surface area (Å²) in [7, 11) is 1.73. The third-order valence-electron chi connectivity index (χ3n) is 1.88. The molecule has 1 rings (SSSR count). The predicted octanol–water partition coefficient (Wildman–Crippen LogP) is 0.621. The molecular formula is C7H13ClN2O2S. The van der Waals surface area contributed by atoms with Crippen molar-refractivity contribution in [3.63, 3.8) is 0 Å². The van der Waals surface area contributed by atoms with Gasteiger partial charge in [0.05, 0.1) is 12.4 Å². The Balaban J connectivity index is 2.30. The summed E-state index contributed by atoms with van der Waals surface area (Å²) >= 11 is 0. The Bertz CT molecular complexity index is 289. The second-order valence-electron chi connectivity index (χ2n) is 2.90. The van der Waals surface area contributed by atoms with Gasteiger partial charge >= 0.3 is 0 Å². The van der Waals surface area contributed by atoms with Gasteiger partial charge in [0.25, 0.3) is 0 Å². The van der Waals surface area contributed by atoms with Crippen LogP contribution >= 0.6 is 10.7 Å². The van der Waals surface area contributed by atoms with Crippen molar-refractivity contribution < 1.29 is 8.42 Å². The van der Waals surface area contributed by atoms with Crippen molar-refractivity contribution in [1.82, 2.24) is 9.80 Å². The lowest BCUT2D eigenvalue weighted by Gasteiger charge is -2.18. The van der Waals surface area contributed by atoms with E-state index in [-0.39, 0.29) is 5.75 Å². The summed E-state index contributed by atoms with van der Waals surface area (Å²) in [5, 5.41) is 0. The van der Waals surface area contributed by atoms with Crippen molar-refractivity contribution in [1.29, 1.82) is 0 Å². The number of hydrogen-bond acceptors (Lipinski definition) is 4. The fraction of sp³-hybridized carbons (Fsp3) is 0.714. The molecule has 0 aromatic rings. The Labute approximate surface area is 83.2 Å². The molecule has 0 unspecified atom stereocenters. The van der Waals surface area contributed by atoms with Crippen LogP contribution in [0.1, 0.15) is 6.92 Å². The van der Waals surface area contributed by atoms with Crippen molar-refractivity contribution in [3.8, 4) is 0 Å². The summed E-state index contributed by atoms with van der Waals surface area (Å²) < 4.78 is 21.3. The highest BCUT2D eigenvalue weighted by Crippen LogP contribution is 2.06. The minimum absolute atomic E-state index is 0.00352. The normalized spacial score (nSPS) is 17.1. The van der Waals surface area contributed by atoms with E-state index >= 15 is 0 Å². The molecule has 13 heavy (non-hydrogen) atoms. The fourth-order valence-electron chi connectivity index (χ4n) is 1.09. The van der Waals surface area contributed by atoms with Gasteiger partial charge in [0, 0.05) is 36.2 Å². The zero-order valence-corrected chi connectivity index (χ0v) is 9.05. The quantitative estimate of drug-likeness (QED) is 0.657. The number of halogens is 1. The van der Waals surface area contributed by atoms with Crippen molar-refractivity contribution in [3.05, 3.63) is 12.4 Å². The zero-order valence-electron chi connectivity index (χ0n) is 7.48. The zero-order chi connectivity index (χ0) is 9.90. The SMILES string of the molecule is CCN1C=CN(CCS(=O)(=O)Cl)C1. The molecule has 6 heteroatoms. The van der Waals surface area contributed by atoms with E-state index in [2.05, 4.69) is 4.90 Å². The van der Waals surface area contributed by atoms with E-state index in [1.54, 1.807) is 0 Å². The second kappa shape index (κ2) is 4.19. The van der Waals surface area contributed by atoms with Gasteiger partial charge in [0.1, 0.15) is 0 Å². The molecular weight excluding hydrogens is 212 g/mol. The molecule has 0 spiro atoms. The highest BCUT2D eigenvalue weighted by Gasteiger charge is 2.13. The number of hydrogen-bond donors (Lipinski definition) is 0. The van der Waals surface area contributed by atoms with E-state index < -0.39 is 9.05 Å². The van der Waals surface area contributed by atoms with Crippen LogP contribution in [0.4, 0.5) is 0 Å². The minimum Gasteiger partial charge on any atom is -0.359 e. The van der Waals surface area contributed by atoms with Crippen LogP contribution in [0.25, 0.3) is 0 Å². The van der Waals surface area contributed by atoms with E-state index in [0.29, 0.717) is 6.54 Å². The first kappa shape index (κ1) is 10.7. The van der Waals surface area contributed by atoms with Gasteiger partial charge in [-0.25, -0.2) is 8.42 Å². The summed E-state index contributed by atoms with van der Waals surface area (Å²) in [4.78, 5) is 4.00. The molecule has 0 fully saturated rings. The lowest BCUT2D eigenvalue weighted by molar-refractivity contribution is 0.283. The number of nitrogens with zero attached hydrogens (tertiary/aromatic N) is 2. The molecule has 0 amide bonds. The first-order valence-corrected chi connectivity index (χ1v) is 6.58. The summed E-state index contributed by atoms with van der Waals surface area (Å²) in [6.07, 6.45) is 3.83. The third kappa shape index (κ3) is 3.87. The summed E-state index contributed by atoms with van der Waals surface area (Å²) in [6.45, 7) is 4.19. The Morgan fingerprint density at radius 3 is 2.46 bits per heavy atom. The minimum atomic E-state index is -3.36. The van der Waals surface area contributed by atoms with Crippen molar-refractivity contribution in [2.45, 2.75) is 6.92 Å². The maximum atomic E-state index is 10.6. The molecule has 0 aliphatic carbocycles. The van der Waals surface area contributed by atoms with Crippen LogP contribution in [-0.4, -0.2) is 43.7 Å². The van der Waals surface area contributed by atoms with Crippen molar-refractivity contribution in [2.24, 2.45) is 0 Å². The molecule has 0 atom stereocenters. The largest absolute Gasteiger partial charge is 0.359 e. The number of rotatable bonds is 4. The monoisotopic (exact) mass is 224 g/mol. The van der Waals surface area contributed by atoms with Crippen LogP contribution in [0.5, 0.6) is 0 Å². The van der Waals surface area contributed by atoms with Crippen LogP contribution in [0, 0.1) is 0 Å². The van der Waals surface area contributed by atoms with Crippen LogP contribution in [-0.2, 0) is 9.05 Å². The van der Waals surface area contributed by atoms with E-state index in [9.17, 15) is 8.42 Å². The lowest BCUT2D eigenvalue weighted by Crippen LogP contribution is -2.28. The van der Waals surface area contributed by atoms with E-state index in [1.165, 1.54) is 0 Å². The third-order valence-corrected chi connectivity index (χ3v) is 3.01. The van der Waals surface area contributed by atoms with Crippen molar-refractivity contribution >= 4 is 19.7 Å². The first-order valence-electron chi connectivity index (χ1n) is 4.10. The summed E-state index contributed by atoms with van der Waals surface area (Å²) in [5.74, 6) is -0.00352. The van der Waals surface area contributed by atoms with Crippen LogP contribution in [0.15, 0.2) is 12.4 Å². The van der Waals surface area contributed by atoms with E-state index in [4.69, 9.17) is 10.7 Å². The van der Waals surface area contributed by atoms with Gasteiger partial charge in [-0.1, -0.05) is 0 Å². The smallest absolute Gasteiger partial charge is 0.234 e. The fourth-order valence-corrected chi connectivity index (χ4v) is 1.75. The Morgan fingerprint density at radius 1 is 1.38 bits per heavy atom. The summed E-state index contributed by atoms with van der Waals surface area (Å²) in [6, 6.07) is 0. The maximum absolute atomic E-state index is 10.6. The van der Waals surface area contributed by atoms with Crippen LogP contribution in [0.2, 0.25) is 0 Å². The maximum Gasteiger partial charge on any atom is 0.234 e. The van der Waals surface area contributed by atoms with Gasteiger partial charge in [-0.05, 0) is 6.92 Å². The lowest BCUT2D eigenvalue weighted by atomic mass is 10.6. The molecule has 0 saturated carbocycles. The molecule has 1 aliphatic rings. The summed E-state index contributed by atoms with van der Waals surface area (Å²) in [5.41, 5.74) is 0. The highest BCUT2D eigenvalue weighted by molar-refractivity contribution is 8.13. The topological polar surface area (TPSA) is 40.6 Å². The molecule has 76 valence electrons. The molecule has 0 aromatic heterocycles. The van der Waals surface area contributed by atoms with Gasteiger partial charge in [-0.2, -0.15) is 0 Å². The van der Waals surface area contributed by atoms with Gasteiger partial charge in [-0.3, -0.25) is 0 Å². The van der Waals surface area contributed by atoms with E-state index in [0.717, 1.165) is 13.2 Å². The highest BCUT2D eigenvalue weighted by atomic mass is 35.7. The molecule has 0 aromatic carbocycles. The van der Waals surface area contributed by atoms with E-state index in [1.807, 2.05) is 24.2 Å². The molecule has 0 radical (unpaired) electrons. The van der Waals surface area contributed by atoms with Gasteiger partial charge in [0.15, 0.2) is 0 Å². The standard InChI is InChI=1S/C7H13ClN2O2S/c1-2-9-3-4-10(7-9)5-6-13(8,11)12/h3-4H,2,5-7H2,1H3. The van der Waals surface area contributed by atoms with Gasteiger partial charge < -0.3 is 9.80 Å². The first-order chi connectivity index (χ1) is 6.01. The van der Waals surface area contributed by atoms with Crippen LogP contribution in [0.3, 0.4) is 0 Å². The molecule has 0 saturated heterocycles. The predicted molar refractivity (Wildman–Crippen MR) is 52.7 cm³/mol.